The fourth-order valence-corrected chi connectivity index (χ4v) is 3.45. The molecule has 4 aliphatic rings. The van der Waals surface area contributed by atoms with E-state index >= 15 is 0 Å². The van der Waals surface area contributed by atoms with E-state index in [0.29, 0.717) is 26.4 Å². The van der Waals surface area contributed by atoms with E-state index in [1.54, 1.807) is 0 Å². The molecule has 4 fully saturated rings. The van der Waals surface area contributed by atoms with Crippen LogP contribution in [0, 0.1) is 5.41 Å². The van der Waals surface area contributed by atoms with Gasteiger partial charge in [0.15, 0.2) is 12.6 Å². The van der Waals surface area contributed by atoms with Crippen LogP contribution in [0.15, 0.2) is 0 Å². The van der Waals surface area contributed by atoms with E-state index < -0.39 is 0 Å². The van der Waals surface area contributed by atoms with Crippen LogP contribution in [0.5, 0.6) is 0 Å². The van der Waals surface area contributed by atoms with Crippen molar-refractivity contribution in [1.82, 2.24) is 0 Å². The van der Waals surface area contributed by atoms with E-state index in [4.69, 9.17) is 28.4 Å². The van der Waals surface area contributed by atoms with Gasteiger partial charge in [0.05, 0.1) is 31.8 Å². The summed E-state index contributed by atoms with van der Waals surface area (Å²) in [5.74, 6) is 0. The lowest BCUT2D eigenvalue weighted by Crippen LogP contribution is -2.55. The quantitative estimate of drug-likeness (QED) is 0.760. The molecule has 0 saturated carbocycles. The minimum atomic E-state index is -0.228. The van der Waals surface area contributed by atoms with Gasteiger partial charge in [-0.15, -0.1) is 0 Å². The highest BCUT2D eigenvalue weighted by atomic mass is 16.7. The van der Waals surface area contributed by atoms with Crippen molar-refractivity contribution >= 4 is 0 Å². The van der Waals surface area contributed by atoms with Gasteiger partial charge in [-0.2, -0.15) is 0 Å². The Kier molecular flexibility index (Phi) is 4.17. The van der Waals surface area contributed by atoms with Gasteiger partial charge in [0.25, 0.3) is 0 Å². The lowest BCUT2D eigenvalue weighted by molar-refractivity contribution is -0.327. The molecule has 120 valence electrons. The van der Waals surface area contributed by atoms with Gasteiger partial charge < -0.3 is 28.4 Å². The van der Waals surface area contributed by atoms with Gasteiger partial charge in [-0.25, -0.2) is 0 Å². The summed E-state index contributed by atoms with van der Waals surface area (Å²) in [6.07, 6.45) is 3.95. The standard InChI is InChI=1S/C15H24O6/c1-3-11(16-5-1)13-18-7-15(8-19-13)9-20-14(21-10-15)12-4-2-6-17-12/h11-14H,1-10H2. The van der Waals surface area contributed by atoms with Crippen molar-refractivity contribution in [1.29, 1.82) is 0 Å². The SMILES string of the molecule is C1COC(C2OCC3(CO2)COC(C2CCCO2)OC3)C1. The van der Waals surface area contributed by atoms with Crippen LogP contribution in [-0.4, -0.2) is 64.4 Å². The van der Waals surface area contributed by atoms with Gasteiger partial charge in [-0.1, -0.05) is 0 Å². The molecule has 21 heavy (non-hydrogen) atoms. The van der Waals surface area contributed by atoms with E-state index in [1.807, 2.05) is 0 Å². The Morgan fingerprint density at radius 1 is 0.571 bits per heavy atom. The van der Waals surface area contributed by atoms with Gasteiger partial charge in [0.1, 0.15) is 12.2 Å². The van der Waals surface area contributed by atoms with E-state index in [2.05, 4.69) is 0 Å². The number of hydrogen-bond donors (Lipinski definition) is 0. The normalized spacial score (nSPS) is 48.0. The van der Waals surface area contributed by atoms with Crippen molar-refractivity contribution in [3.63, 3.8) is 0 Å². The van der Waals surface area contributed by atoms with Crippen molar-refractivity contribution in [3.05, 3.63) is 0 Å². The molecule has 1 spiro atoms. The molecule has 0 aromatic heterocycles. The molecule has 0 aromatic rings. The minimum Gasteiger partial charge on any atom is -0.373 e. The van der Waals surface area contributed by atoms with Crippen molar-refractivity contribution in [3.8, 4) is 0 Å². The van der Waals surface area contributed by atoms with E-state index in [-0.39, 0.29) is 30.2 Å². The maximum atomic E-state index is 5.88. The van der Waals surface area contributed by atoms with Gasteiger partial charge in [0.2, 0.25) is 0 Å². The number of rotatable bonds is 2. The second kappa shape index (κ2) is 6.10. The lowest BCUT2D eigenvalue weighted by Gasteiger charge is -2.45. The average Bonchev–Trinajstić information content (AvgIpc) is 3.23. The molecule has 4 heterocycles. The Morgan fingerprint density at radius 3 is 1.33 bits per heavy atom. The zero-order valence-electron chi connectivity index (χ0n) is 12.3. The third-order valence-electron chi connectivity index (χ3n) is 4.75. The summed E-state index contributed by atoms with van der Waals surface area (Å²) in [7, 11) is 0. The molecular formula is C15H24O6. The summed E-state index contributed by atoms with van der Waals surface area (Å²) in [6.45, 7) is 4.06. The maximum Gasteiger partial charge on any atom is 0.183 e. The molecule has 0 radical (unpaired) electrons. The molecule has 4 aliphatic heterocycles. The van der Waals surface area contributed by atoms with E-state index in [1.165, 1.54) is 0 Å². The molecule has 6 nitrogen and oxygen atoms in total. The number of ether oxygens (including phenoxy) is 6. The molecule has 0 aliphatic carbocycles. The Balaban J connectivity index is 1.27. The van der Waals surface area contributed by atoms with E-state index in [0.717, 1.165) is 38.9 Å². The second-order valence-corrected chi connectivity index (χ2v) is 6.58. The summed E-state index contributed by atoms with van der Waals surface area (Å²) in [4.78, 5) is 0. The molecule has 0 bridgehead atoms. The van der Waals surface area contributed by atoms with Crippen LogP contribution in [0.4, 0.5) is 0 Å². The first-order valence-corrected chi connectivity index (χ1v) is 8.04. The molecule has 2 unspecified atom stereocenters. The van der Waals surface area contributed by atoms with Crippen LogP contribution in [0.2, 0.25) is 0 Å². The molecule has 0 N–H and O–H groups in total. The van der Waals surface area contributed by atoms with Crippen LogP contribution in [0.1, 0.15) is 25.7 Å². The first-order chi connectivity index (χ1) is 10.3. The first-order valence-electron chi connectivity index (χ1n) is 8.04. The van der Waals surface area contributed by atoms with Crippen molar-refractivity contribution < 1.29 is 28.4 Å². The zero-order valence-corrected chi connectivity index (χ0v) is 12.3. The van der Waals surface area contributed by atoms with Gasteiger partial charge >= 0.3 is 0 Å². The molecule has 0 aromatic carbocycles. The summed E-state index contributed by atoms with van der Waals surface area (Å²) in [5.41, 5.74) is -0.176. The second-order valence-electron chi connectivity index (χ2n) is 6.58. The van der Waals surface area contributed by atoms with E-state index in [9.17, 15) is 0 Å². The average molecular weight is 300 g/mol. The molecule has 0 amide bonds. The fraction of sp³-hybridized carbons (Fsp3) is 1.00. The third-order valence-corrected chi connectivity index (χ3v) is 4.75. The topological polar surface area (TPSA) is 55.4 Å². The summed E-state index contributed by atoms with van der Waals surface area (Å²) in [5, 5.41) is 0. The largest absolute Gasteiger partial charge is 0.373 e. The van der Waals surface area contributed by atoms with Gasteiger partial charge in [0, 0.05) is 13.2 Å². The molecule has 4 saturated heterocycles. The Hall–Kier alpha value is -0.240. The summed E-state index contributed by atoms with van der Waals surface area (Å²) >= 11 is 0. The molecule has 2 atom stereocenters. The van der Waals surface area contributed by atoms with Crippen LogP contribution >= 0.6 is 0 Å². The molecular weight excluding hydrogens is 276 g/mol. The summed E-state index contributed by atoms with van der Waals surface area (Å²) < 4.78 is 34.8. The monoisotopic (exact) mass is 300 g/mol. The van der Waals surface area contributed by atoms with Crippen LogP contribution in [0.3, 0.4) is 0 Å². The van der Waals surface area contributed by atoms with Crippen molar-refractivity contribution in [2.45, 2.75) is 50.5 Å². The molecule has 6 heteroatoms. The van der Waals surface area contributed by atoms with Crippen LogP contribution < -0.4 is 0 Å². The van der Waals surface area contributed by atoms with Crippen molar-refractivity contribution in [2.75, 3.05) is 39.6 Å². The highest BCUT2D eigenvalue weighted by Gasteiger charge is 2.45. The highest BCUT2D eigenvalue weighted by Crippen LogP contribution is 2.34. The minimum absolute atomic E-state index is 0.0902. The molecule has 4 rings (SSSR count). The maximum absolute atomic E-state index is 5.88. The Bertz CT molecular complexity index is 297. The highest BCUT2D eigenvalue weighted by molar-refractivity contribution is 4.87. The first kappa shape index (κ1) is 14.4. The Morgan fingerprint density at radius 2 is 1.00 bits per heavy atom. The van der Waals surface area contributed by atoms with Crippen LogP contribution in [-0.2, 0) is 28.4 Å². The van der Waals surface area contributed by atoms with Crippen molar-refractivity contribution in [2.24, 2.45) is 5.41 Å². The fourth-order valence-electron chi connectivity index (χ4n) is 3.45. The van der Waals surface area contributed by atoms with Crippen LogP contribution in [0.25, 0.3) is 0 Å². The lowest BCUT2D eigenvalue weighted by atomic mass is 9.90. The predicted octanol–water partition coefficient (Wildman–Crippen LogP) is 1.08. The van der Waals surface area contributed by atoms with Gasteiger partial charge in [-0.3, -0.25) is 0 Å². The Labute approximate surface area is 125 Å². The number of hydrogen-bond acceptors (Lipinski definition) is 6. The third kappa shape index (κ3) is 2.98. The van der Waals surface area contributed by atoms with Gasteiger partial charge in [-0.05, 0) is 25.7 Å². The smallest absolute Gasteiger partial charge is 0.183 e. The summed E-state index contributed by atoms with van der Waals surface area (Å²) in [6, 6.07) is 0. The zero-order chi connectivity index (χ0) is 14.1. The predicted molar refractivity (Wildman–Crippen MR) is 71.8 cm³/mol.